The Bertz CT molecular complexity index is 591. The molecule has 0 bridgehead atoms. The summed E-state index contributed by atoms with van der Waals surface area (Å²) in [5.74, 6) is 0.220. The van der Waals surface area contributed by atoms with Gasteiger partial charge in [0.2, 0.25) is 0 Å². The van der Waals surface area contributed by atoms with E-state index in [1.165, 1.54) is 6.07 Å². The van der Waals surface area contributed by atoms with Crippen molar-refractivity contribution in [2.75, 3.05) is 0 Å². The van der Waals surface area contributed by atoms with Crippen molar-refractivity contribution in [1.82, 2.24) is 0 Å². The van der Waals surface area contributed by atoms with Gasteiger partial charge in [0.25, 0.3) is 0 Å². The third-order valence-corrected chi connectivity index (χ3v) is 3.21. The van der Waals surface area contributed by atoms with Crippen molar-refractivity contribution >= 4 is 0 Å². The molecule has 0 aromatic heterocycles. The number of aliphatic hydroxyl groups is 1. The van der Waals surface area contributed by atoms with Gasteiger partial charge in [-0.05, 0) is 44.0 Å². The number of hydrogen-bond acceptors (Lipinski definition) is 2. The van der Waals surface area contributed by atoms with Crippen molar-refractivity contribution < 1.29 is 14.2 Å². The lowest BCUT2D eigenvalue weighted by molar-refractivity contribution is 0.194. The van der Waals surface area contributed by atoms with E-state index in [0.29, 0.717) is 11.3 Å². The zero-order chi connectivity index (χ0) is 14.0. The molecule has 0 unspecified atom stereocenters. The first-order valence-corrected chi connectivity index (χ1v) is 6.21. The molecule has 0 amide bonds. The van der Waals surface area contributed by atoms with Gasteiger partial charge in [0, 0.05) is 5.56 Å². The minimum Gasteiger partial charge on any atom is -0.454 e. The Kier molecular flexibility index (Phi) is 3.86. The van der Waals surface area contributed by atoms with E-state index in [-0.39, 0.29) is 5.75 Å². The van der Waals surface area contributed by atoms with Gasteiger partial charge in [-0.3, -0.25) is 0 Å². The molecule has 2 aromatic rings. The van der Waals surface area contributed by atoms with Crippen LogP contribution in [-0.4, -0.2) is 5.11 Å². The van der Waals surface area contributed by atoms with E-state index in [2.05, 4.69) is 0 Å². The van der Waals surface area contributed by atoms with E-state index in [0.717, 1.165) is 11.1 Å². The third-order valence-electron chi connectivity index (χ3n) is 3.21. The standard InChI is InChI=1S/C16H17FO2/c1-10-6-4-9-15(11(10)2)19-16-13(12(3)18)7-5-8-14(16)17/h4-9,12,18H,1-3H3/t12-/m0/s1. The molecule has 19 heavy (non-hydrogen) atoms. The van der Waals surface area contributed by atoms with Crippen LogP contribution in [0.5, 0.6) is 11.5 Å². The van der Waals surface area contributed by atoms with Gasteiger partial charge in [0.05, 0.1) is 6.10 Å². The summed E-state index contributed by atoms with van der Waals surface area (Å²) in [6.45, 7) is 5.48. The molecule has 0 radical (unpaired) electrons. The van der Waals surface area contributed by atoms with Crippen molar-refractivity contribution in [3.8, 4) is 11.5 Å². The number of aryl methyl sites for hydroxylation is 1. The van der Waals surface area contributed by atoms with Gasteiger partial charge in [-0.25, -0.2) is 4.39 Å². The van der Waals surface area contributed by atoms with Crippen LogP contribution in [0.4, 0.5) is 4.39 Å². The number of aliphatic hydroxyl groups excluding tert-OH is 1. The van der Waals surface area contributed by atoms with Crippen molar-refractivity contribution in [2.45, 2.75) is 26.9 Å². The topological polar surface area (TPSA) is 29.5 Å². The van der Waals surface area contributed by atoms with Crippen LogP contribution in [0.15, 0.2) is 36.4 Å². The number of ether oxygens (including phenoxy) is 1. The minimum absolute atomic E-state index is 0.0891. The second kappa shape index (κ2) is 5.41. The van der Waals surface area contributed by atoms with E-state index >= 15 is 0 Å². The molecule has 0 aliphatic rings. The Morgan fingerprint density at radius 1 is 1.11 bits per heavy atom. The fourth-order valence-corrected chi connectivity index (χ4v) is 1.91. The molecule has 0 aliphatic carbocycles. The normalized spacial score (nSPS) is 12.3. The molecule has 1 atom stereocenters. The fourth-order valence-electron chi connectivity index (χ4n) is 1.91. The van der Waals surface area contributed by atoms with Gasteiger partial charge in [-0.15, -0.1) is 0 Å². The lowest BCUT2D eigenvalue weighted by atomic mass is 10.1. The van der Waals surface area contributed by atoms with Gasteiger partial charge >= 0.3 is 0 Å². The molecule has 3 heteroatoms. The molecule has 0 saturated heterocycles. The number of rotatable bonds is 3. The molecule has 100 valence electrons. The summed E-state index contributed by atoms with van der Waals surface area (Å²) < 4.78 is 19.6. The van der Waals surface area contributed by atoms with Crippen molar-refractivity contribution in [3.63, 3.8) is 0 Å². The van der Waals surface area contributed by atoms with Crippen LogP contribution < -0.4 is 4.74 Å². The zero-order valence-electron chi connectivity index (χ0n) is 11.3. The largest absolute Gasteiger partial charge is 0.454 e. The smallest absolute Gasteiger partial charge is 0.168 e. The molecule has 0 aliphatic heterocycles. The Labute approximate surface area is 112 Å². The highest BCUT2D eigenvalue weighted by Gasteiger charge is 2.15. The number of hydrogen-bond donors (Lipinski definition) is 1. The second-order valence-corrected chi connectivity index (χ2v) is 4.63. The van der Waals surface area contributed by atoms with Crippen LogP contribution in [0.1, 0.15) is 29.7 Å². The van der Waals surface area contributed by atoms with Gasteiger partial charge in [-0.2, -0.15) is 0 Å². The maximum Gasteiger partial charge on any atom is 0.168 e. The number of para-hydroxylation sites is 1. The van der Waals surface area contributed by atoms with Crippen molar-refractivity contribution in [1.29, 1.82) is 0 Å². The maximum atomic E-state index is 13.9. The maximum absolute atomic E-state index is 13.9. The molecule has 2 rings (SSSR count). The Hall–Kier alpha value is -1.87. The third kappa shape index (κ3) is 2.76. The van der Waals surface area contributed by atoms with Crippen molar-refractivity contribution in [3.05, 3.63) is 58.9 Å². The molecule has 0 fully saturated rings. The first kappa shape index (κ1) is 13.6. The van der Waals surface area contributed by atoms with Crippen LogP contribution in [0.25, 0.3) is 0 Å². The second-order valence-electron chi connectivity index (χ2n) is 4.63. The van der Waals surface area contributed by atoms with Crippen LogP contribution in [0, 0.1) is 19.7 Å². The average molecular weight is 260 g/mol. The average Bonchev–Trinajstić information content (AvgIpc) is 2.36. The van der Waals surface area contributed by atoms with Crippen molar-refractivity contribution in [2.24, 2.45) is 0 Å². The number of halogens is 1. The van der Waals surface area contributed by atoms with E-state index in [9.17, 15) is 9.50 Å². The summed E-state index contributed by atoms with van der Waals surface area (Å²) in [5, 5.41) is 9.68. The minimum atomic E-state index is -0.782. The molecule has 0 spiro atoms. The first-order chi connectivity index (χ1) is 9.00. The fraction of sp³-hybridized carbons (Fsp3) is 0.250. The van der Waals surface area contributed by atoms with Crippen LogP contribution in [0.3, 0.4) is 0 Å². The predicted octanol–water partition coefficient (Wildman–Crippen LogP) is 4.29. The predicted molar refractivity (Wildman–Crippen MR) is 73.0 cm³/mol. The Balaban J connectivity index is 2.46. The molecule has 2 aromatic carbocycles. The van der Waals surface area contributed by atoms with Gasteiger partial charge < -0.3 is 9.84 Å². The molecule has 0 saturated carbocycles. The SMILES string of the molecule is Cc1cccc(Oc2c(F)cccc2[C@H](C)O)c1C. The van der Waals surface area contributed by atoms with E-state index in [4.69, 9.17) is 4.74 Å². The molecular weight excluding hydrogens is 243 g/mol. The van der Waals surface area contributed by atoms with Gasteiger partial charge in [-0.1, -0.05) is 24.3 Å². The summed E-state index contributed by atoms with van der Waals surface area (Å²) in [6.07, 6.45) is -0.782. The van der Waals surface area contributed by atoms with Gasteiger partial charge in [0.1, 0.15) is 5.75 Å². The van der Waals surface area contributed by atoms with Crippen LogP contribution >= 0.6 is 0 Å². The lowest BCUT2D eigenvalue weighted by Gasteiger charge is -2.16. The Morgan fingerprint density at radius 3 is 2.47 bits per heavy atom. The Morgan fingerprint density at radius 2 is 1.79 bits per heavy atom. The molecule has 2 nitrogen and oxygen atoms in total. The number of benzene rings is 2. The van der Waals surface area contributed by atoms with Crippen LogP contribution in [-0.2, 0) is 0 Å². The van der Waals surface area contributed by atoms with E-state index in [1.54, 1.807) is 25.1 Å². The molecule has 0 heterocycles. The summed E-state index contributed by atoms with van der Waals surface area (Å²) >= 11 is 0. The highest BCUT2D eigenvalue weighted by atomic mass is 19.1. The summed E-state index contributed by atoms with van der Waals surface area (Å²) in [6, 6.07) is 10.2. The highest BCUT2D eigenvalue weighted by molar-refractivity contribution is 5.44. The zero-order valence-corrected chi connectivity index (χ0v) is 11.3. The van der Waals surface area contributed by atoms with Crippen LogP contribution in [0.2, 0.25) is 0 Å². The lowest BCUT2D eigenvalue weighted by Crippen LogP contribution is -2.00. The monoisotopic (exact) mass is 260 g/mol. The quantitative estimate of drug-likeness (QED) is 0.892. The molecular formula is C16H17FO2. The first-order valence-electron chi connectivity index (χ1n) is 6.21. The van der Waals surface area contributed by atoms with Gasteiger partial charge in [0.15, 0.2) is 11.6 Å². The summed E-state index contributed by atoms with van der Waals surface area (Å²) in [7, 11) is 0. The highest BCUT2D eigenvalue weighted by Crippen LogP contribution is 2.34. The van der Waals surface area contributed by atoms with E-state index < -0.39 is 11.9 Å². The molecule has 1 N–H and O–H groups in total. The summed E-state index contributed by atoms with van der Waals surface area (Å²) in [5.41, 5.74) is 2.48. The van der Waals surface area contributed by atoms with E-state index in [1.807, 2.05) is 26.0 Å². The summed E-state index contributed by atoms with van der Waals surface area (Å²) in [4.78, 5) is 0.